The molecule has 8 heteroatoms. The van der Waals surface area contributed by atoms with Gasteiger partial charge in [-0.15, -0.1) is 0 Å². The first-order valence-corrected chi connectivity index (χ1v) is 7.43. The normalized spacial score (nSPS) is 13.8. The molecule has 0 radical (unpaired) electrons. The van der Waals surface area contributed by atoms with Crippen LogP contribution >= 0.6 is 0 Å². The van der Waals surface area contributed by atoms with Crippen LogP contribution in [0.3, 0.4) is 0 Å². The lowest BCUT2D eigenvalue weighted by molar-refractivity contribution is 0.0945. The molecule has 1 amide bonds. The summed E-state index contributed by atoms with van der Waals surface area (Å²) >= 11 is 0. The Morgan fingerprint density at radius 3 is 2.74 bits per heavy atom. The molecule has 1 N–H and O–H groups in total. The molecule has 0 aliphatic heterocycles. The van der Waals surface area contributed by atoms with Gasteiger partial charge in [0.15, 0.2) is 0 Å². The van der Waals surface area contributed by atoms with Gasteiger partial charge in [-0.2, -0.15) is 5.10 Å². The molecule has 0 spiro atoms. The van der Waals surface area contributed by atoms with Crippen molar-refractivity contribution in [1.29, 1.82) is 0 Å². The van der Waals surface area contributed by atoms with Crippen molar-refractivity contribution in [2.75, 3.05) is 6.54 Å². The van der Waals surface area contributed by atoms with Gasteiger partial charge in [0, 0.05) is 38.2 Å². The Bertz CT molecular complexity index is 851. The van der Waals surface area contributed by atoms with E-state index in [1.54, 1.807) is 6.07 Å². The topological polar surface area (TPSA) is 98.9 Å². The first kappa shape index (κ1) is 15.1. The van der Waals surface area contributed by atoms with Crippen molar-refractivity contribution in [2.45, 2.75) is 25.3 Å². The summed E-state index contributed by atoms with van der Waals surface area (Å²) in [6, 6.07) is 4.22. The molecule has 8 nitrogen and oxygen atoms in total. The molecule has 0 saturated heterocycles. The second-order valence-electron chi connectivity index (χ2n) is 5.56. The summed E-state index contributed by atoms with van der Waals surface area (Å²) in [5, 5.41) is 6.53. The van der Waals surface area contributed by atoms with E-state index >= 15 is 0 Å². The van der Waals surface area contributed by atoms with E-state index < -0.39 is 5.91 Å². The number of hydrogen-bond acceptors (Lipinski definition) is 5. The van der Waals surface area contributed by atoms with E-state index in [0.717, 1.165) is 23.2 Å². The van der Waals surface area contributed by atoms with E-state index in [9.17, 15) is 14.4 Å². The number of aromatic nitrogens is 4. The van der Waals surface area contributed by atoms with Crippen LogP contribution in [0.5, 0.6) is 0 Å². The molecule has 1 aliphatic carbocycles. The highest BCUT2D eigenvalue weighted by Gasteiger charge is 2.25. The first-order chi connectivity index (χ1) is 11.0. The summed E-state index contributed by atoms with van der Waals surface area (Å²) in [6.45, 7) is 0.599. The molecule has 2 aromatic heterocycles. The third kappa shape index (κ3) is 3.53. The van der Waals surface area contributed by atoms with Crippen LogP contribution in [0.2, 0.25) is 0 Å². The van der Waals surface area contributed by atoms with Crippen LogP contribution in [0.25, 0.3) is 0 Å². The largest absolute Gasteiger partial charge is 0.349 e. The zero-order valence-electron chi connectivity index (χ0n) is 12.7. The highest BCUT2D eigenvalue weighted by Crippen LogP contribution is 2.38. The molecule has 0 unspecified atom stereocenters. The molecule has 2 heterocycles. The minimum Gasteiger partial charge on any atom is -0.349 e. The van der Waals surface area contributed by atoms with E-state index in [-0.39, 0.29) is 23.4 Å². The van der Waals surface area contributed by atoms with Crippen LogP contribution in [0, 0.1) is 0 Å². The van der Waals surface area contributed by atoms with Crippen LogP contribution in [0.15, 0.2) is 34.1 Å². The maximum Gasteiger partial charge on any atom is 0.271 e. The molecule has 1 aliphatic rings. The van der Waals surface area contributed by atoms with Crippen LogP contribution in [0.4, 0.5) is 0 Å². The number of amides is 1. The Hall–Kier alpha value is -2.77. The number of aryl methyl sites for hydroxylation is 1. The summed E-state index contributed by atoms with van der Waals surface area (Å²) in [5.74, 6) is 0.0454. The van der Waals surface area contributed by atoms with Crippen LogP contribution in [0.1, 0.15) is 34.9 Å². The van der Waals surface area contributed by atoms with Crippen molar-refractivity contribution in [3.63, 3.8) is 0 Å². The van der Waals surface area contributed by atoms with Crippen molar-refractivity contribution >= 4 is 5.91 Å². The van der Waals surface area contributed by atoms with Gasteiger partial charge in [0.25, 0.3) is 17.0 Å². The van der Waals surface area contributed by atoms with Gasteiger partial charge in [0.1, 0.15) is 5.69 Å². The van der Waals surface area contributed by atoms with Gasteiger partial charge in [-0.3, -0.25) is 19.0 Å². The zero-order chi connectivity index (χ0) is 16.4. The number of nitrogens with zero attached hydrogens (tertiary/aromatic N) is 4. The van der Waals surface area contributed by atoms with Crippen molar-refractivity contribution in [3.8, 4) is 0 Å². The molecule has 0 bridgehead atoms. The van der Waals surface area contributed by atoms with E-state index in [1.165, 1.54) is 30.1 Å². The molecule has 0 atom stereocenters. The first-order valence-electron chi connectivity index (χ1n) is 7.43. The Labute approximate surface area is 131 Å². The maximum atomic E-state index is 12.0. The predicted molar refractivity (Wildman–Crippen MR) is 82.3 cm³/mol. The molecule has 2 aromatic rings. The Balaban J connectivity index is 1.58. The van der Waals surface area contributed by atoms with Crippen molar-refractivity contribution in [2.24, 2.45) is 7.05 Å². The minimum atomic E-state index is -0.392. The minimum absolute atomic E-state index is 0.114. The number of rotatable bonds is 5. The highest BCUT2D eigenvalue weighted by molar-refractivity contribution is 5.91. The fraction of sp³-hybridized carbons (Fsp3) is 0.400. The van der Waals surface area contributed by atoms with Gasteiger partial charge in [0.05, 0.1) is 12.0 Å². The molecule has 1 saturated carbocycles. The molecular weight excluding hydrogens is 298 g/mol. The van der Waals surface area contributed by atoms with Gasteiger partial charge in [-0.1, -0.05) is 0 Å². The number of carbonyl (C=O) groups is 1. The van der Waals surface area contributed by atoms with E-state index in [2.05, 4.69) is 15.4 Å². The maximum absolute atomic E-state index is 12.0. The standard InChI is InChI=1S/C15H17N5O3/c1-19-13(21)5-4-11(18-19)15(23)16-6-7-20-9-17-12(8-14(20)22)10-2-3-10/h4-5,8-10H,2-3,6-7H2,1H3,(H,16,23). The lowest BCUT2D eigenvalue weighted by Gasteiger charge is -2.08. The summed E-state index contributed by atoms with van der Waals surface area (Å²) in [6.07, 6.45) is 3.71. The third-order valence-electron chi connectivity index (χ3n) is 3.73. The zero-order valence-corrected chi connectivity index (χ0v) is 12.7. The lowest BCUT2D eigenvalue weighted by atomic mass is 10.3. The van der Waals surface area contributed by atoms with E-state index in [4.69, 9.17) is 0 Å². The lowest BCUT2D eigenvalue weighted by Crippen LogP contribution is -2.32. The van der Waals surface area contributed by atoms with Gasteiger partial charge in [-0.05, 0) is 18.9 Å². The second-order valence-corrected chi connectivity index (χ2v) is 5.56. The van der Waals surface area contributed by atoms with Crippen molar-refractivity contribution < 1.29 is 4.79 Å². The van der Waals surface area contributed by atoms with Gasteiger partial charge in [-0.25, -0.2) is 9.67 Å². The fourth-order valence-corrected chi connectivity index (χ4v) is 2.21. The number of nitrogens with one attached hydrogen (secondary N) is 1. The van der Waals surface area contributed by atoms with Crippen LogP contribution < -0.4 is 16.4 Å². The quantitative estimate of drug-likeness (QED) is 0.812. The molecule has 23 heavy (non-hydrogen) atoms. The van der Waals surface area contributed by atoms with E-state index in [0.29, 0.717) is 12.5 Å². The van der Waals surface area contributed by atoms with Crippen LogP contribution in [-0.2, 0) is 13.6 Å². The van der Waals surface area contributed by atoms with Crippen molar-refractivity contribution in [1.82, 2.24) is 24.6 Å². The van der Waals surface area contributed by atoms with Gasteiger partial charge in [0.2, 0.25) is 0 Å². The highest BCUT2D eigenvalue weighted by atomic mass is 16.2. The average Bonchev–Trinajstić information content (AvgIpc) is 3.36. The average molecular weight is 315 g/mol. The smallest absolute Gasteiger partial charge is 0.271 e. The molecular formula is C15H17N5O3. The van der Waals surface area contributed by atoms with Crippen LogP contribution in [-0.4, -0.2) is 31.8 Å². The summed E-state index contributed by atoms with van der Waals surface area (Å²) < 4.78 is 2.56. The third-order valence-corrected chi connectivity index (χ3v) is 3.73. The number of carbonyl (C=O) groups excluding carboxylic acids is 1. The van der Waals surface area contributed by atoms with E-state index in [1.807, 2.05) is 0 Å². The Morgan fingerprint density at radius 1 is 1.30 bits per heavy atom. The molecule has 120 valence electrons. The molecule has 1 fully saturated rings. The number of hydrogen-bond donors (Lipinski definition) is 1. The monoisotopic (exact) mass is 315 g/mol. The summed E-state index contributed by atoms with van der Waals surface area (Å²) in [4.78, 5) is 39.4. The van der Waals surface area contributed by atoms with Gasteiger partial charge >= 0.3 is 0 Å². The van der Waals surface area contributed by atoms with Crippen molar-refractivity contribution in [3.05, 3.63) is 56.6 Å². The molecule has 0 aromatic carbocycles. The summed E-state index contributed by atoms with van der Waals surface area (Å²) in [5.41, 5.74) is 0.609. The fourth-order valence-electron chi connectivity index (χ4n) is 2.21. The molecule has 3 rings (SSSR count). The SMILES string of the molecule is Cn1nc(C(=O)NCCn2cnc(C3CC3)cc2=O)ccc1=O. The Morgan fingerprint density at radius 2 is 2.09 bits per heavy atom. The second kappa shape index (κ2) is 6.15. The summed E-state index contributed by atoms with van der Waals surface area (Å²) in [7, 11) is 1.48. The Kier molecular flexibility index (Phi) is 4.05. The predicted octanol–water partition coefficient (Wildman–Crippen LogP) is -0.356. The van der Waals surface area contributed by atoms with Gasteiger partial charge < -0.3 is 5.32 Å².